The van der Waals surface area contributed by atoms with Gasteiger partial charge in [-0.2, -0.15) is 0 Å². The first-order valence-corrected chi connectivity index (χ1v) is 7.90. The van der Waals surface area contributed by atoms with Gasteiger partial charge in [0.2, 0.25) is 0 Å². The second-order valence-corrected chi connectivity index (χ2v) is 5.65. The van der Waals surface area contributed by atoms with Gasteiger partial charge in [0.05, 0.1) is 18.1 Å². The van der Waals surface area contributed by atoms with Gasteiger partial charge >= 0.3 is 0 Å². The lowest BCUT2D eigenvalue weighted by Gasteiger charge is -2.19. The van der Waals surface area contributed by atoms with Crippen molar-refractivity contribution < 1.29 is 4.74 Å². The fourth-order valence-electron chi connectivity index (χ4n) is 2.77. The van der Waals surface area contributed by atoms with Crippen molar-refractivity contribution >= 4 is 23.3 Å². The maximum Gasteiger partial charge on any atom is 0.178 e. The van der Waals surface area contributed by atoms with Crippen LogP contribution in [0, 0.1) is 4.77 Å². The Balaban J connectivity index is 2.48. The van der Waals surface area contributed by atoms with Crippen LogP contribution in [0.2, 0.25) is 0 Å². The van der Waals surface area contributed by atoms with E-state index in [4.69, 9.17) is 17.0 Å². The first kappa shape index (κ1) is 15.1. The molecule has 2 rings (SSSR count). The van der Waals surface area contributed by atoms with Gasteiger partial charge in [-0.25, -0.2) is 0 Å². The molecule has 0 aliphatic heterocycles. The Morgan fingerprint density at radius 3 is 2.70 bits per heavy atom. The Morgan fingerprint density at radius 2 is 2.05 bits per heavy atom. The summed E-state index contributed by atoms with van der Waals surface area (Å²) >= 11 is 5.54. The molecule has 0 aliphatic carbocycles. The minimum absolute atomic E-state index is 0.480. The summed E-state index contributed by atoms with van der Waals surface area (Å²) in [7, 11) is 1.70. The van der Waals surface area contributed by atoms with E-state index in [-0.39, 0.29) is 0 Å². The van der Waals surface area contributed by atoms with E-state index in [1.165, 1.54) is 32.1 Å². The number of rotatable bonds is 7. The Morgan fingerprint density at radius 1 is 1.25 bits per heavy atom. The molecule has 1 N–H and O–H groups in total. The highest BCUT2D eigenvalue weighted by Crippen LogP contribution is 2.28. The zero-order valence-corrected chi connectivity index (χ0v) is 13.4. The van der Waals surface area contributed by atoms with Crippen molar-refractivity contribution in [2.75, 3.05) is 7.11 Å². The average Bonchev–Trinajstić information content (AvgIpc) is 2.78. The molecule has 0 bridgehead atoms. The van der Waals surface area contributed by atoms with Gasteiger partial charge in [0.1, 0.15) is 5.75 Å². The van der Waals surface area contributed by atoms with Gasteiger partial charge in [-0.3, -0.25) is 0 Å². The highest BCUT2D eigenvalue weighted by Gasteiger charge is 2.15. The summed E-state index contributed by atoms with van der Waals surface area (Å²) in [5.41, 5.74) is 2.25. The van der Waals surface area contributed by atoms with Crippen LogP contribution in [0.3, 0.4) is 0 Å². The smallest absolute Gasteiger partial charge is 0.178 e. The molecule has 3 nitrogen and oxygen atoms in total. The summed E-state index contributed by atoms with van der Waals surface area (Å²) in [5.74, 6) is 0.881. The molecule has 1 unspecified atom stereocenters. The summed E-state index contributed by atoms with van der Waals surface area (Å²) in [6.07, 6.45) is 5.98. The number of benzene rings is 1. The summed E-state index contributed by atoms with van der Waals surface area (Å²) in [6, 6.07) is 6.58. The SMILES string of the molecule is CCCCC(CCC)n1c(=S)[nH]c2ccc(OC)cc21. The second kappa shape index (κ2) is 6.93. The van der Waals surface area contributed by atoms with Crippen LogP contribution in [0.25, 0.3) is 11.0 Å². The summed E-state index contributed by atoms with van der Waals surface area (Å²) in [6.45, 7) is 4.47. The van der Waals surface area contributed by atoms with Crippen LogP contribution in [0.15, 0.2) is 18.2 Å². The Hall–Kier alpha value is -1.29. The number of nitrogens with zero attached hydrogens (tertiary/aromatic N) is 1. The fraction of sp³-hybridized carbons (Fsp3) is 0.562. The van der Waals surface area contributed by atoms with Crippen LogP contribution < -0.4 is 4.74 Å². The van der Waals surface area contributed by atoms with Gasteiger partial charge in [-0.1, -0.05) is 33.1 Å². The number of methoxy groups -OCH3 is 1. The lowest BCUT2D eigenvalue weighted by atomic mass is 10.0. The van der Waals surface area contributed by atoms with Crippen LogP contribution in [-0.4, -0.2) is 16.7 Å². The minimum Gasteiger partial charge on any atom is -0.497 e. The van der Waals surface area contributed by atoms with E-state index in [2.05, 4.69) is 29.5 Å². The predicted molar refractivity (Wildman–Crippen MR) is 87.1 cm³/mol. The molecule has 110 valence electrons. The molecule has 0 saturated heterocycles. The summed E-state index contributed by atoms with van der Waals surface area (Å²) in [5, 5.41) is 0. The van der Waals surface area contributed by atoms with Gasteiger partial charge in [0, 0.05) is 12.1 Å². The Bertz CT molecular complexity index is 614. The van der Waals surface area contributed by atoms with Crippen molar-refractivity contribution in [1.29, 1.82) is 0 Å². The molecule has 1 heterocycles. The van der Waals surface area contributed by atoms with Gasteiger partial charge < -0.3 is 14.3 Å². The fourth-order valence-corrected chi connectivity index (χ4v) is 3.12. The third-order valence-electron chi connectivity index (χ3n) is 3.80. The van der Waals surface area contributed by atoms with Crippen molar-refractivity contribution in [2.24, 2.45) is 0 Å². The number of nitrogens with one attached hydrogen (secondary N) is 1. The lowest BCUT2D eigenvalue weighted by molar-refractivity contribution is 0.411. The molecule has 0 spiro atoms. The predicted octanol–water partition coefficient (Wildman–Crippen LogP) is 5.24. The molecule has 0 aliphatic rings. The maximum atomic E-state index is 5.54. The van der Waals surface area contributed by atoms with Crippen LogP contribution in [0.4, 0.5) is 0 Å². The number of hydrogen-bond acceptors (Lipinski definition) is 2. The van der Waals surface area contributed by atoms with E-state index in [1.54, 1.807) is 7.11 Å². The van der Waals surface area contributed by atoms with E-state index in [1.807, 2.05) is 12.1 Å². The second-order valence-electron chi connectivity index (χ2n) is 5.27. The molecule has 0 fully saturated rings. The molecule has 20 heavy (non-hydrogen) atoms. The first-order chi connectivity index (χ1) is 9.71. The molecule has 1 aromatic heterocycles. The van der Waals surface area contributed by atoms with Gasteiger partial charge in [0.15, 0.2) is 4.77 Å². The number of aromatic amines is 1. The molecule has 0 amide bonds. The molecule has 0 radical (unpaired) electrons. The monoisotopic (exact) mass is 292 g/mol. The highest BCUT2D eigenvalue weighted by molar-refractivity contribution is 7.71. The molecular formula is C16H24N2OS. The number of H-pyrrole nitrogens is 1. The number of ether oxygens (including phenoxy) is 1. The van der Waals surface area contributed by atoms with Crippen molar-refractivity contribution in [3.63, 3.8) is 0 Å². The van der Waals surface area contributed by atoms with Crippen LogP contribution >= 0.6 is 12.2 Å². The zero-order valence-electron chi connectivity index (χ0n) is 12.6. The topological polar surface area (TPSA) is 29.9 Å². The average molecular weight is 292 g/mol. The van der Waals surface area contributed by atoms with Gasteiger partial charge in [0.25, 0.3) is 0 Å². The molecule has 1 aromatic carbocycles. The Labute approximate surface area is 126 Å². The van der Waals surface area contributed by atoms with E-state index < -0.39 is 0 Å². The first-order valence-electron chi connectivity index (χ1n) is 7.49. The Kier molecular flexibility index (Phi) is 5.24. The molecular weight excluding hydrogens is 268 g/mol. The normalized spacial score (nSPS) is 12.8. The number of fused-ring (bicyclic) bond motifs is 1. The number of unbranched alkanes of at least 4 members (excludes halogenated alkanes) is 1. The van der Waals surface area contributed by atoms with Crippen LogP contribution in [0.5, 0.6) is 5.75 Å². The van der Waals surface area contributed by atoms with E-state index >= 15 is 0 Å². The molecule has 2 aromatic rings. The summed E-state index contributed by atoms with van der Waals surface area (Å²) in [4.78, 5) is 3.32. The van der Waals surface area contributed by atoms with E-state index in [9.17, 15) is 0 Å². The molecule has 4 heteroatoms. The largest absolute Gasteiger partial charge is 0.497 e. The molecule has 0 saturated carbocycles. The van der Waals surface area contributed by atoms with E-state index in [0.29, 0.717) is 6.04 Å². The van der Waals surface area contributed by atoms with Crippen molar-refractivity contribution in [1.82, 2.24) is 9.55 Å². The van der Waals surface area contributed by atoms with Gasteiger partial charge in [-0.05, 0) is 37.2 Å². The van der Waals surface area contributed by atoms with Crippen molar-refractivity contribution in [2.45, 2.75) is 52.0 Å². The minimum atomic E-state index is 0.480. The van der Waals surface area contributed by atoms with Crippen molar-refractivity contribution in [3.05, 3.63) is 23.0 Å². The van der Waals surface area contributed by atoms with Gasteiger partial charge in [-0.15, -0.1) is 0 Å². The lowest BCUT2D eigenvalue weighted by Crippen LogP contribution is -2.09. The quantitative estimate of drug-likeness (QED) is 0.707. The maximum absolute atomic E-state index is 5.54. The summed E-state index contributed by atoms with van der Waals surface area (Å²) < 4.78 is 8.45. The third-order valence-corrected chi connectivity index (χ3v) is 4.10. The standard InChI is InChI=1S/C16H24N2OS/c1-4-6-8-12(7-5-2)18-15-11-13(19-3)9-10-14(15)17-16(18)20/h9-12H,4-8H2,1-3H3,(H,17,20). The molecule has 1 atom stereocenters. The van der Waals surface area contributed by atoms with Crippen LogP contribution in [-0.2, 0) is 0 Å². The zero-order chi connectivity index (χ0) is 14.5. The third kappa shape index (κ3) is 3.06. The number of aromatic nitrogens is 2. The van der Waals surface area contributed by atoms with Crippen LogP contribution in [0.1, 0.15) is 52.0 Å². The van der Waals surface area contributed by atoms with E-state index in [0.717, 1.165) is 21.6 Å². The van der Waals surface area contributed by atoms with Crippen molar-refractivity contribution in [3.8, 4) is 5.75 Å². The highest BCUT2D eigenvalue weighted by atomic mass is 32.1. The number of hydrogen-bond donors (Lipinski definition) is 1. The number of imidazole rings is 1.